The highest BCUT2D eigenvalue weighted by Gasteiger charge is 2.30. The maximum atomic E-state index is 12.9. The maximum Gasteiger partial charge on any atom is 0.510 e. The number of benzene rings is 1. The topological polar surface area (TPSA) is 48.8 Å². The molecule has 0 saturated carbocycles. The zero-order chi connectivity index (χ0) is 13.2. The van der Waals surface area contributed by atoms with Crippen LogP contribution in [0, 0.1) is 17.4 Å². The Hall–Kier alpha value is -0.885. The van der Waals surface area contributed by atoms with Gasteiger partial charge < -0.3 is 12.9 Å². The van der Waals surface area contributed by atoms with E-state index in [1.54, 1.807) is 6.07 Å². The third-order valence-corrected chi connectivity index (χ3v) is 3.70. The lowest BCUT2D eigenvalue weighted by molar-refractivity contribution is 0.500. The van der Waals surface area contributed by atoms with Crippen LogP contribution >= 0.6 is 22.6 Å². The first kappa shape index (κ1) is 14.2. The summed E-state index contributed by atoms with van der Waals surface area (Å²) < 4.78 is 39.4. The predicted octanol–water partition coefficient (Wildman–Crippen LogP) is 3.77. The molecule has 0 aliphatic carbocycles. The molecular weight excluding hydrogens is 345 g/mol. The van der Waals surface area contributed by atoms with Gasteiger partial charge in [0.2, 0.25) is 0 Å². The van der Waals surface area contributed by atoms with Crippen molar-refractivity contribution in [1.29, 1.82) is 0 Å². The van der Waals surface area contributed by atoms with Crippen molar-refractivity contribution in [2.45, 2.75) is 20.4 Å². The monoisotopic (exact) mass is 354 g/mol. The van der Waals surface area contributed by atoms with Crippen molar-refractivity contribution in [3.05, 3.63) is 36.8 Å². The van der Waals surface area contributed by atoms with E-state index in [0.717, 1.165) is 0 Å². The fourth-order valence-corrected chi connectivity index (χ4v) is 2.38. The van der Waals surface area contributed by atoms with E-state index in [2.05, 4.69) is 10.0 Å². The third-order valence-electron chi connectivity index (χ3n) is 2.58. The van der Waals surface area contributed by atoms with Crippen LogP contribution in [-0.4, -0.2) is 6.98 Å². The standard InChI is InChI=1S/C9H9BF3IN3/c1-5-7(4-16-17-15)3-8(14)6(2)9(5)10(11,12)13/h3H,4H2,1-2H3/q-1. The average molecular weight is 354 g/mol. The van der Waals surface area contributed by atoms with E-state index >= 15 is 0 Å². The molecule has 1 aromatic rings. The quantitative estimate of drug-likeness (QED) is 0.261. The minimum absolute atomic E-state index is 0.0578. The summed E-state index contributed by atoms with van der Waals surface area (Å²) in [6.45, 7) is -2.24. The molecule has 0 fully saturated rings. The lowest BCUT2D eigenvalue weighted by Gasteiger charge is -2.24. The molecular formula is C9H9BF3IN3-. The molecule has 0 aliphatic heterocycles. The lowest BCUT2D eigenvalue weighted by Crippen LogP contribution is -2.39. The molecule has 1 rings (SSSR count). The zero-order valence-corrected chi connectivity index (χ0v) is 11.4. The van der Waals surface area contributed by atoms with Gasteiger partial charge >= 0.3 is 6.98 Å². The summed E-state index contributed by atoms with van der Waals surface area (Å²) in [6, 6.07) is 1.63. The highest BCUT2D eigenvalue weighted by molar-refractivity contribution is 14.1. The Labute approximate surface area is 110 Å². The van der Waals surface area contributed by atoms with Crippen molar-refractivity contribution in [3.63, 3.8) is 0 Å². The van der Waals surface area contributed by atoms with Crippen molar-refractivity contribution < 1.29 is 12.9 Å². The Kier molecular flexibility index (Phi) is 4.32. The molecule has 0 heterocycles. The third kappa shape index (κ3) is 3.07. The molecule has 0 amide bonds. The predicted molar refractivity (Wildman–Crippen MR) is 70.2 cm³/mol. The molecule has 0 spiro atoms. The first-order chi connectivity index (χ1) is 7.79. The van der Waals surface area contributed by atoms with E-state index < -0.39 is 12.4 Å². The second-order valence-corrected chi connectivity index (χ2v) is 4.81. The van der Waals surface area contributed by atoms with Crippen molar-refractivity contribution in [1.82, 2.24) is 0 Å². The van der Waals surface area contributed by atoms with Crippen LogP contribution in [0.5, 0.6) is 0 Å². The Morgan fingerprint density at radius 2 is 1.94 bits per heavy atom. The van der Waals surface area contributed by atoms with E-state index in [1.807, 2.05) is 22.6 Å². The molecule has 0 radical (unpaired) electrons. The second kappa shape index (κ2) is 5.18. The van der Waals surface area contributed by atoms with E-state index in [-0.39, 0.29) is 17.7 Å². The van der Waals surface area contributed by atoms with Crippen LogP contribution in [0.3, 0.4) is 0 Å². The number of hydrogen-bond acceptors (Lipinski definition) is 1. The summed E-state index contributed by atoms with van der Waals surface area (Å²) in [7, 11) is 0. The molecule has 0 N–H and O–H groups in total. The van der Waals surface area contributed by atoms with Crippen molar-refractivity contribution in [3.8, 4) is 0 Å². The molecule has 17 heavy (non-hydrogen) atoms. The summed E-state index contributed by atoms with van der Waals surface area (Å²) in [5, 5.41) is 3.31. The highest BCUT2D eigenvalue weighted by Crippen LogP contribution is 2.22. The molecule has 0 aromatic heterocycles. The van der Waals surface area contributed by atoms with Gasteiger partial charge in [0, 0.05) is 8.48 Å². The van der Waals surface area contributed by atoms with Crippen LogP contribution in [0.25, 0.3) is 10.4 Å². The number of azide groups is 1. The lowest BCUT2D eigenvalue weighted by atomic mass is 9.73. The highest BCUT2D eigenvalue weighted by atomic mass is 127. The van der Waals surface area contributed by atoms with Crippen LogP contribution in [-0.2, 0) is 6.54 Å². The van der Waals surface area contributed by atoms with Gasteiger partial charge in [-0.1, -0.05) is 16.2 Å². The van der Waals surface area contributed by atoms with Gasteiger partial charge in [0.05, 0.1) is 6.54 Å². The van der Waals surface area contributed by atoms with Crippen molar-refractivity contribution in [2.24, 2.45) is 5.11 Å². The normalized spacial score (nSPS) is 11.2. The van der Waals surface area contributed by atoms with Crippen LogP contribution < -0.4 is 5.46 Å². The van der Waals surface area contributed by atoms with Gasteiger partial charge in [0.15, 0.2) is 0 Å². The van der Waals surface area contributed by atoms with E-state index in [4.69, 9.17) is 5.53 Å². The SMILES string of the molecule is Cc1c(I)cc(CN=[N+]=[N-])c(C)c1[B-](F)(F)F. The fraction of sp³-hybridized carbons (Fsp3) is 0.333. The molecule has 0 aliphatic rings. The fourth-order valence-electron chi connectivity index (χ4n) is 1.72. The maximum absolute atomic E-state index is 12.9. The van der Waals surface area contributed by atoms with Crippen LogP contribution in [0.1, 0.15) is 16.7 Å². The molecule has 0 saturated heterocycles. The van der Waals surface area contributed by atoms with Crippen LogP contribution in [0.15, 0.2) is 11.2 Å². The van der Waals surface area contributed by atoms with Gasteiger partial charge in [-0.25, -0.2) is 0 Å². The largest absolute Gasteiger partial charge is 0.510 e. The molecule has 92 valence electrons. The van der Waals surface area contributed by atoms with Gasteiger partial charge in [-0.05, 0) is 53.6 Å². The van der Waals surface area contributed by atoms with E-state index in [1.165, 1.54) is 13.8 Å². The van der Waals surface area contributed by atoms with Crippen molar-refractivity contribution >= 4 is 35.0 Å². The summed E-state index contributed by atoms with van der Waals surface area (Å²) in [5.74, 6) is 0. The van der Waals surface area contributed by atoms with E-state index in [9.17, 15) is 12.9 Å². The molecule has 0 atom stereocenters. The van der Waals surface area contributed by atoms with Gasteiger partial charge in [0.1, 0.15) is 0 Å². The zero-order valence-electron chi connectivity index (χ0n) is 9.22. The first-order valence-electron chi connectivity index (χ1n) is 4.78. The van der Waals surface area contributed by atoms with E-state index in [0.29, 0.717) is 9.13 Å². The minimum atomic E-state index is -5.05. The Bertz CT molecular complexity index is 495. The average Bonchev–Trinajstić information content (AvgIpc) is 2.20. The van der Waals surface area contributed by atoms with Gasteiger partial charge in [-0.15, -0.1) is 5.46 Å². The smallest absolute Gasteiger partial charge is 0.445 e. The Morgan fingerprint density at radius 3 is 2.41 bits per heavy atom. The summed E-state index contributed by atoms with van der Waals surface area (Å²) in [4.78, 5) is 2.56. The number of nitrogens with zero attached hydrogens (tertiary/aromatic N) is 3. The number of rotatable bonds is 3. The minimum Gasteiger partial charge on any atom is -0.445 e. The van der Waals surface area contributed by atoms with Crippen molar-refractivity contribution in [2.75, 3.05) is 0 Å². The molecule has 1 aromatic carbocycles. The van der Waals surface area contributed by atoms with Crippen LogP contribution in [0.4, 0.5) is 12.9 Å². The first-order valence-corrected chi connectivity index (χ1v) is 5.86. The Balaban J connectivity index is 3.48. The Morgan fingerprint density at radius 1 is 1.35 bits per heavy atom. The summed E-state index contributed by atoms with van der Waals surface area (Å²) in [5.41, 5.74) is 8.46. The molecule has 8 heteroatoms. The second-order valence-electron chi connectivity index (χ2n) is 3.64. The summed E-state index contributed by atoms with van der Waals surface area (Å²) >= 11 is 1.86. The van der Waals surface area contributed by atoms with Gasteiger partial charge in [-0.3, -0.25) is 0 Å². The molecule has 0 bridgehead atoms. The van der Waals surface area contributed by atoms with Gasteiger partial charge in [0.25, 0.3) is 0 Å². The van der Waals surface area contributed by atoms with Crippen LogP contribution in [0.2, 0.25) is 0 Å². The number of hydrogen-bond donors (Lipinski definition) is 0. The molecule has 3 nitrogen and oxygen atoms in total. The number of halogens is 4. The summed E-state index contributed by atoms with van der Waals surface area (Å²) in [6.07, 6.45) is 0. The van der Waals surface area contributed by atoms with Gasteiger partial charge in [-0.2, -0.15) is 0 Å². The molecule has 0 unspecified atom stereocenters.